The third-order valence-electron chi connectivity index (χ3n) is 6.77. The Balaban J connectivity index is 1.59. The van der Waals surface area contributed by atoms with Crippen molar-refractivity contribution >= 4 is 58.4 Å². The minimum absolute atomic E-state index is 0.137. The van der Waals surface area contributed by atoms with E-state index in [2.05, 4.69) is 5.32 Å². The summed E-state index contributed by atoms with van der Waals surface area (Å²) in [6, 6.07) is 22.1. The predicted molar refractivity (Wildman–Crippen MR) is 159 cm³/mol. The molecular formula is C30H31Cl3N2O2S. The molecule has 0 aliphatic heterocycles. The highest BCUT2D eigenvalue weighted by Gasteiger charge is 2.32. The maximum Gasteiger partial charge on any atom is 0.243 e. The summed E-state index contributed by atoms with van der Waals surface area (Å²) in [6.45, 7) is 0.147. The van der Waals surface area contributed by atoms with E-state index in [-0.39, 0.29) is 30.2 Å². The Labute approximate surface area is 244 Å². The van der Waals surface area contributed by atoms with Crippen molar-refractivity contribution in [2.24, 2.45) is 0 Å². The van der Waals surface area contributed by atoms with Crippen LogP contribution < -0.4 is 5.32 Å². The lowest BCUT2D eigenvalue weighted by atomic mass is 10.0. The second-order valence-electron chi connectivity index (χ2n) is 9.54. The van der Waals surface area contributed by atoms with E-state index in [1.165, 1.54) is 11.8 Å². The number of amides is 2. The third kappa shape index (κ3) is 8.16. The van der Waals surface area contributed by atoms with Crippen molar-refractivity contribution in [3.8, 4) is 0 Å². The van der Waals surface area contributed by atoms with Gasteiger partial charge in [-0.1, -0.05) is 96.2 Å². The highest BCUT2D eigenvalue weighted by molar-refractivity contribution is 7.99. The third-order valence-corrected chi connectivity index (χ3v) is 8.72. The number of carbonyl (C=O) groups is 2. The van der Waals surface area contributed by atoms with Crippen molar-refractivity contribution in [2.45, 2.75) is 56.5 Å². The normalized spacial score (nSPS) is 14.3. The van der Waals surface area contributed by atoms with Crippen molar-refractivity contribution in [1.82, 2.24) is 10.2 Å². The van der Waals surface area contributed by atoms with Crippen LogP contribution in [0.4, 0.5) is 0 Å². The summed E-state index contributed by atoms with van der Waals surface area (Å²) in [4.78, 5) is 29.2. The summed E-state index contributed by atoms with van der Waals surface area (Å²) in [7, 11) is 0. The molecule has 200 valence electrons. The molecule has 1 fully saturated rings. The molecule has 4 nitrogen and oxygen atoms in total. The molecule has 0 bridgehead atoms. The average Bonchev–Trinajstić information content (AvgIpc) is 3.42. The first-order chi connectivity index (χ1) is 18.4. The van der Waals surface area contributed by atoms with Gasteiger partial charge in [0.05, 0.1) is 5.75 Å². The van der Waals surface area contributed by atoms with Gasteiger partial charge < -0.3 is 10.2 Å². The lowest BCUT2D eigenvalue weighted by Crippen LogP contribution is -2.52. The van der Waals surface area contributed by atoms with Crippen molar-refractivity contribution in [1.29, 1.82) is 0 Å². The lowest BCUT2D eigenvalue weighted by Gasteiger charge is -2.33. The van der Waals surface area contributed by atoms with Crippen LogP contribution in [0.5, 0.6) is 0 Å². The fourth-order valence-corrected chi connectivity index (χ4v) is 6.21. The van der Waals surface area contributed by atoms with Crippen LogP contribution in [0, 0.1) is 0 Å². The van der Waals surface area contributed by atoms with Crippen LogP contribution in [0.2, 0.25) is 15.1 Å². The molecule has 0 heterocycles. The topological polar surface area (TPSA) is 49.4 Å². The van der Waals surface area contributed by atoms with Crippen molar-refractivity contribution in [3.63, 3.8) is 0 Å². The second-order valence-corrected chi connectivity index (χ2v) is 11.8. The van der Waals surface area contributed by atoms with Gasteiger partial charge in [-0.3, -0.25) is 9.59 Å². The van der Waals surface area contributed by atoms with E-state index in [0.717, 1.165) is 36.8 Å². The molecule has 1 aliphatic carbocycles. The quantitative estimate of drug-likeness (QED) is 0.251. The molecule has 0 unspecified atom stereocenters. The zero-order valence-corrected chi connectivity index (χ0v) is 24.1. The minimum atomic E-state index is -0.700. The standard InChI is InChI=1S/C30H31Cl3N2O2S/c31-23-15-13-22(14-16-23)19-38-20-29(36)35(18-25-26(32)11-6-12-27(25)33)28(17-21-7-2-1-3-8-21)30(37)34-24-9-4-5-10-24/h1-3,6-8,11-16,24,28H,4-5,9-10,17-20H2,(H,34,37)/t28-/m0/s1. The molecule has 0 aromatic heterocycles. The Kier molecular flexibility index (Phi) is 10.8. The van der Waals surface area contributed by atoms with Crippen molar-refractivity contribution in [3.05, 3.63) is 105 Å². The molecule has 8 heteroatoms. The highest BCUT2D eigenvalue weighted by Crippen LogP contribution is 2.28. The van der Waals surface area contributed by atoms with E-state index in [9.17, 15) is 9.59 Å². The van der Waals surface area contributed by atoms with Gasteiger partial charge in [0, 0.05) is 45.4 Å². The number of halogens is 3. The zero-order chi connectivity index (χ0) is 26.9. The molecular weight excluding hydrogens is 559 g/mol. The first-order valence-electron chi connectivity index (χ1n) is 12.8. The van der Waals surface area contributed by atoms with Gasteiger partial charge in [-0.15, -0.1) is 11.8 Å². The first-order valence-corrected chi connectivity index (χ1v) is 15.1. The van der Waals surface area contributed by atoms with E-state index >= 15 is 0 Å². The van der Waals surface area contributed by atoms with Crippen molar-refractivity contribution < 1.29 is 9.59 Å². The summed E-state index contributed by atoms with van der Waals surface area (Å²) >= 11 is 20.5. The smallest absolute Gasteiger partial charge is 0.243 e. The number of rotatable bonds is 11. The monoisotopic (exact) mass is 588 g/mol. The van der Waals surface area contributed by atoms with Crippen molar-refractivity contribution in [2.75, 3.05) is 5.75 Å². The van der Waals surface area contributed by atoms with Crippen LogP contribution in [-0.2, 0) is 28.3 Å². The number of thioether (sulfide) groups is 1. The van der Waals surface area contributed by atoms with E-state index in [0.29, 0.717) is 32.8 Å². The molecule has 0 saturated heterocycles. The second kappa shape index (κ2) is 14.3. The van der Waals surface area contributed by atoms with Crippen LogP contribution in [0.25, 0.3) is 0 Å². The number of carbonyl (C=O) groups excluding carboxylic acids is 2. The van der Waals surface area contributed by atoms with Crippen LogP contribution in [-0.4, -0.2) is 34.6 Å². The van der Waals surface area contributed by atoms with E-state index in [1.807, 2.05) is 54.6 Å². The van der Waals surface area contributed by atoms with Crippen LogP contribution >= 0.6 is 46.6 Å². The molecule has 1 aliphatic rings. The number of benzene rings is 3. The highest BCUT2D eigenvalue weighted by atomic mass is 35.5. The summed E-state index contributed by atoms with van der Waals surface area (Å²) in [5, 5.41) is 4.84. The Hall–Kier alpha value is -2.18. The molecule has 3 aromatic carbocycles. The maximum absolute atomic E-state index is 13.8. The summed E-state index contributed by atoms with van der Waals surface area (Å²) in [5.41, 5.74) is 2.70. The van der Waals surface area contributed by atoms with Crippen LogP contribution in [0.1, 0.15) is 42.4 Å². The predicted octanol–water partition coefficient (Wildman–Crippen LogP) is 7.58. The summed E-state index contributed by atoms with van der Waals surface area (Å²) in [5.74, 6) is 0.593. The van der Waals surface area contributed by atoms with Gasteiger partial charge in [0.2, 0.25) is 11.8 Å². The summed E-state index contributed by atoms with van der Waals surface area (Å²) in [6.07, 6.45) is 4.53. The largest absolute Gasteiger partial charge is 0.352 e. The van der Waals surface area contributed by atoms with E-state index in [4.69, 9.17) is 34.8 Å². The Morgan fingerprint density at radius 3 is 2.18 bits per heavy atom. The Morgan fingerprint density at radius 2 is 1.53 bits per heavy atom. The van der Waals surface area contributed by atoms with Gasteiger partial charge in [0.1, 0.15) is 6.04 Å². The molecule has 0 spiro atoms. The maximum atomic E-state index is 13.8. The Morgan fingerprint density at radius 1 is 0.868 bits per heavy atom. The van der Waals surface area contributed by atoms with Crippen LogP contribution in [0.3, 0.4) is 0 Å². The molecule has 2 amide bonds. The molecule has 0 radical (unpaired) electrons. The number of hydrogen-bond acceptors (Lipinski definition) is 3. The van der Waals surface area contributed by atoms with Gasteiger partial charge in [-0.2, -0.15) is 0 Å². The summed E-state index contributed by atoms with van der Waals surface area (Å²) < 4.78 is 0. The fourth-order valence-electron chi connectivity index (χ4n) is 4.69. The molecule has 1 atom stereocenters. The first kappa shape index (κ1) is 28.8. The van der Waals surface area contributed by atoms with Gasteiger partial charge in [-0.05, 0) is 48.2 Å². The van der Waals surface area contributed by atoms with E-state index in [1.54, 1.807) is 23.1 Å². The van der Waals surface area contributed by atoms with Gasteiger partial charge >= 0.3 is 0 Å². The minimum Gasteiger partial charge on any atom is -0.352 e. The molecule has 3 aromatic rings. The molecule has 4 rings (SSSR count). The number of hydrogen-bond donors (Lipinski definition) is 1. The Bertz CT molecular complexity index is 1200. The van der Waals surface area contributed by atoms with Gasteiger partial charge in [0.25, 0.3) is 0 Å². The molecule has 38 heavy (non-hydrogen) atoms. The SMILES string of the molecule is O=C(NC1CCCC1)[C@H](Cc1ccccc1)N(Cc1c(Cl)cccc1Cl)C(=O)CSCc1ccc(Cl)cc1. The lowest BCUT2D eigenvalue weighted by molar-refractivity contribution is -0.139. The van der Waals surface area contributed by atoms with Gasteiger partial charge in [-0.25, -0.2) is 0 Å². The van der Waals surface area contributed by atoms with Gasteiger partial charge in [0.15, 0.2) is 0 Å². The fraction of sp³-hybridized carbons (Fsp3) is 0.333. The molecule has 1 saturated carbocycles. The zero-order valence-electron chi connectivity index (χ0n) is 21.0. The number of nitrogens with one attached hydrogen (secondary N) is 1. The average molecular weight is 590 g/mol. The van der Waals surface area contributed by atoms with Crippen LogP contribution in [0.15, 0.2) is 72.8 Å². The van der Waals surface area contributed by atoms with E-state index < -0.39 is 6.04 Å². The molecule has 1 N–H and O–H groups in total. The number of nitrogens with zero attached hydrogens (tertiary/aromatic N) is 1.